The Kier molecular flexibility index (Phi) is 30.4. The van der Waals surface area contributed by atoms with Crippen LogP contribution in [0.1, 0.15) is 71.1 Å². The number of aliphatic carboxylic acids is 6. The quantitative estimate of drug-likeness (QED) is 0.0449. The lowest BCUT2D eigenvalue weighted by atomic mass is 10.1. The summed E-state index contributed by atoms with van der Waals surface area (Å²) in [5.74, 6) is -6.50. The number of carboxylic acid groups (broad SMARTS) is 6. The van der Waals surface area contributed by atoms with Gasteiger partial charge in [-0.15, -0.1) is 0 Å². The molecule has 0 saturated heterocycles. The van der Waals surface area contributed by atoms with E-state index in [1.165, 1.54) is 0 Å². The van der Waals surface area contributed by atoms with Crippen LogP contribution in [-0.4, -0.2) is 103 Å². The Labute approximate surface area is 242 Å². The van der Waals surface area contributed by atoms with Gasteiger partial charge in [-0.2, -0.15) is 0 Å². The predicted molar refractivity (Wildman–Crippen MR) is 150 cm³/mol. The Bertz CT molecular complexity index is 839. The van der Waals surface area contributed by atoms with Crippen molar-refractivity contribution in [2.24, 2.45) is 39.4 Å². The maximum atomic E-state index is 10.3. The van der Waals surface area contributed by atoms with Gasteiger partial charge in [0.15, 0.2) is 5.96 Å². The molecule has 0 unspecified atom stereocenters. The minimum Gasteiger partial charge on any atom is -0.481 e. The van der Waals surface area contributed by atoms with Gasteiger partial charge in [0.25, 0.3) is 0 Å². The zero-order valence-electron chi connectivity index (χ0n) is 23.6. The van der Waals surface area contributed by atoms with Crippen molar-refractivity contribution in [1.29, 1.82) is 0 Å². The summed E-state index contributed by atoms with van der Waals surface area (Å²) >= 11 is 0. The van der Waals surface area contributed by atoms with Crippen LogP contribution in [0.25, 0.3) is 0 Å². The van der Waals surface area contributed by atoms with E-state index in [0.29, 0.717) is 25.8 Å². The molecule has 42 heavy (non-hydrogen) atoms. The smallest absolute Gasteiger partial charge is 0.321 e. The Hall–Kier alpha value is -4.07. The van der Waals surface area contributed by atoms with E-state index >= 15 is 0 Å². The summed E-state index contributed by atoms with van der Waals surface area (Å²) in [6.07, 6.45) is 4.85. The normalized spacial score (nSPS) is 12.5. The van der Waals surface area contributed by atoms with Crippen LogP contribution >= 0.6 is 0 Å². The van der Waals surface area contributed by atoms with Crippen LogP contribution in [0.3, 0.4) is 0 Å². The lowest BCUT2D eigenvalue weighted by Crippen LogP contribution is -2.32. The van der Waals surface area contributed by atoms with Crippen LogP contribution in [-0.2, 0) is 28.8 Å². The van der Waals surface area contributed by atoms with Crippen LogP contribution in [0.5, 0.6) is 0 Å². The van der Waals surface area contributed by atoms with Crippen molar-refractivity contribution in [1.82, 2.24) is 0 Å². The van der Waals surface area contributed by atoms with Gasteiger partial charge in [-0.1, -0.05) is 26.2 Å². The van der Waals surface area contributed by atoms with E-state index in [1.807, 2.05) is 0 Å². The van der Waals surface area contributed by atoms with E-state index in [9.17, 15) is 28.8 Å². The number of aliphatic imine (C=N–C) groups is 1. The van der Waals surface area contributed by atoms with Crippen molar-refractivity contribution in [2.75, 3.05) is 6.54 Å². The number of rotatable bonds is 18. The van der Waals surface area contributed by atoms with Crippen molar-refractivity contribution in [3.63, 3.8) is 0 Å². The minimum absolute atomic E-state index is 0.0231. The summed E-state index contributed by atoms with van der Waals surface area (Å²) in [6.45, 7) is 2.60. The zero-order chi connectivity index (χ0) is 33.8. The molecule has 0 spiro atoms. The van der Waals surface area contributed by atoms with E-state index < -0.39 is 66.4 Å². The first-order chi connectivity index (χ1) is 19.3. The van der Waals surface area contributed by atoms with Gasteiger partial charge in [0.2, 0.25) is 0 Å². The minimum atomic E-state index is -1.29. The number of hydrogen-bond acceptors (Lipinski definition) is 11. The molecule has 0 aliphatic rings. The molecular weight excluding hydrogens is 566 g/mol. The van der Waals surface area contributed by atoms with E-state index in [4.69, 9.17) is 65.0 Å². The summed E-state index contributed by atoms with van der Waals surface area (Å²) in [6, 6.07) is -3.79. The summed E-state index contributed by atoms with van der Waals surface area (Å²) in [5, 5.41) is 49.1. The van der Waals surface area contributed by atoms with Crippen molar-refractivity contribution in [3.8, 4) is 0 Å². The molecule has 0 aromatic rings. The van der Waals surface area contributed by atoms with Crippen molar-refractivity contribution in [2.45, 2.75) is 95.3 Å². The number of carbonyl (C=O) groups is 6. The fourth-order valence-electron chi connectivity index (χ4n) is 2.22. The molecule has 0 heterocycles. The molecule has 0 saturated carbocycles. The molecule has 19 nitrogen and oxygen atoms in total. The molecule has 4 atom stereocenters. The first kappa shape index (κ1) is 44.9. The standard InChI is InChI=1S/C7H16N4O2.C7H15NO2.C5H9NO4.C4H7NO4/c8-5(6(12)13)3-1-2-4-11-7(9)10;1-2-3-4-5-6(8)7(9)10;6-3(5(9)10)1-2-4(7)8;5-2(4(8)9)1-3(6)7/h5H,1-4,8H2,(H,12,13)(H4,9,10,11);6H,2-5,8H2,1H3,(H,9,10);3H,1-2,6H2,(H,7,8)(H,9,10);2H,1,5H2,(H,6,7)(H,8,9)/t5-;6-;3-;2-/m0001/s1. The highest BCUT2D eigenvalue weighted by Crippen LogP contribution is 2.01. The third-order valence-electron chi connectivity index (χ3n) is 4.67. The van der Waals surface area contributed by atoms with Gasteiger partial charge in [-0.05, 0) is 32.1 Å². The third kappa shape index (κ3) is 38.1. The molecule has 0 fully saturated rings. The van der Waals surface area contributed by atoms with Crippen molar-refractivity contribution < 1.29 is 59.4 Å². The lowest BCUT2D eigenvalue weighted by molar-refractivity contribution is -0.144. The number of nitrogens with zero attached hydrogens (tertiary/aromatic N) is 1. The summed E-state index contributed by atoms with van der Waals surface area (Å²) < 4.78 is 0. The van der Waals surface area contributed by atoms with Gasteiger partial charge < -0.3 is 65.0 Å². The van der Waals surface area contributed by atoms with E-state index in [2.05, 4.69) is 11.9 Å². The van der Waals surface area contributed by atoms with Crippen LogP contribution < -0.4 is 34.4 Å². The molecule has 0 rings (SSSR count). The monoisotopic (exact) mass is 613 g/mol. The number of guanidine groups is 1. The highest BCUT2D eigenvalue weighted by molar-refractivity contribution is 5.80. The number of carboxylic acids is 6. The molecule has 18 N–H and O–H groups in total. The van der Waals surface area contributed by atoms with Crippen molar-refractivity contribution in [3.05, 3.63) is 0 Å². The van der Waals surface area contributed by atoms with E-state index in [0.717, 1.165) is 25.7 Å². The van der Waals surface area contributed by atoms with Gasteiger partial charge in [-0.25, -0.2) is 0 Å². The van der Waals surface area contributed by atoms with Crippen LogP contribution in [0.15, 0.2) is 4.99 Å². The van der Waals surface area contributed by atoms with E-state index in [-0.39, 0.29) is 18.8 Å². The largest absolute Gasteiger partial charge is 0.481 e. The van der Waals surface area contributed by atoms with Crippen LogP contribution in [0.2, 0.25) is 0 Å². The Morgan fingerprint density at radius 2 is 0.952 bits per heavy atom. The molecule has 19 heteroatoms. The topological polar surface area (TPSA) is 392 Å². The first-order valence-corrected chi connectivity index (χ1v) is 12.7. The predicted octanol–water partition coefficient (Wildman–Crippen LogP) is -2.04. The fourth-order valence-corrected chi connectivity index (χ4v) is 2.22. The second-order valence-corrected chi connectivity index (χ2v) is 8.61. The van der Waals surface area contributed by atoms with Crippen molar-refractivity contribution >= 4 is 41.8 Å². The SMILES string of the molecule is CCCCC[C@H](N)C(=O)O.NC(N)=NCCCC[C@H](N)C(=O)O.N[C@@H](CCC(=O)O)C(=O)O.N[C@H](CC(=O)O)C(=O)O. The second-order valence-electron chi connectivity index (χ2n) is 8.61. The highest BCUT2D eigenvalue weighted by Gasteiger charge is 2.14. The van der Waals surface area contributed by atoms with E-state index in [1.54, 1.807) is 0 Å². The molecule has 0 aliphatic heterocycles. The number of unbranched alkanes of at least 4 members (excludes halogenated alkanes) is 3. The Morgan fingerprint density at radius 1 is 0.571 bits per heavy atom. The molecule has 0 amide bonds. The van der Waals surface area contributed by atoms with Gasteiger partial charge in [-0.3, -0.25) is 33.8 Å². The van der Waals surface area contributed by atoms with Crippen LogP contribution in [0, 0.1) is 0 Å². The summed E-state index contributed by atoms with van der Waals surface area (Å²) in [5.41, 5.74) is 30.6. The molecule has 0 aromatic heterocycles. The molecule has 0 aromatic carbocycles. The van der Waals surface area contributed by atoms with Gasteiger partial charge >= 0.3 is 35.8 Å². The van der Waals surface area contributed by atoms with Gasteiger partial charge in [0.1, 0.15) is 24.2 Å². The molecule has 0 radical (unpaired) electrons. The number of nitrogens with two attached hydrogens (primary N) is 6. The second kappa shape index (κ2) is 28.5. The number of hydrogen-bond donors (Lipinski definition) is 12. The Balaban J connectivity index is -0.000000232. The third-order valence-corrected chi connectivity index (χ3v) is 4.67. The van der Waals surface area contributed by atoms with Crippen LogP contribution in [0.4, 0.5) is 0 Å². The first-order valence-electron chi connectivity index (χ1n) is 12.7. The molecular formula is C23H47N7O12. The summed E-state index contributed by atoms with van der Waals surface area (Å²) in [7, 11) is 0. The van der Waals surface area contributed by atoms with Gasteiger partial charge in [0, 0.05) is 13.0 Å². The maximum absolute atomic E-state index is 10.3. The fraction of sp³-hybridized carbons (Fsp3) is 0.696. The average molecular weight is 614 g/mol. The summed E-state index contributed by atoms with van der Waals surface area (Å²) in [4.78, 5) is 63.7. The lowest BCUT2D eigenvalue weighted by Gasteiger charge is -2.04. The molecule has 0 aliphatic carbocycles. The molecule has 246 valence electrons. The zero-order valence-corrected chi connectivity index (χ0v) is 23.6. The Morgan fingerprint density at radius 3 is 1.24 bits per heavy atom. The molecule has 0 bridgehead atoms. The highest BCUT2D eigenvalue weighted by atomic mass is 16.4. The van der Waals surface area contributed by atoms with Gasteiger partial charge in [0.05, 0.1) is 6.42 Å². The maximum Gasteiger partial charge on any atom is 0.321 e. The average Bonchev–Trinajstić information content (AvgIpc) is 2.87.